The Balaban J connectivity index is 1.46. The van der Waals surface area contributed by atoms with E-state index in [1.165, 1.54) is 11.1 Å². The van der Waals surface area contributed by atoms with Crippen LogP contribution in [0.2, 0.25) is 0 Å². The predicted octanol–water partition coefficient (Wildman–Crippen LogP) is 4.51. The second-order valence-electron chi connectivity index (χ2n) is 7.57. The molecule has 7 heteroatoms. The van der Waals surface area contributed by atoms with Crippen molar-refractivity contribution in [3.63, 3.8) is 0 Å². The van der Waals surface area contributed by atoms with Crippen molar-refractivity contribution in [3.8, 4) is 22.5 Å². The molecule has 5 rings (SSSR count). The first-order valence-corrected chi connectivity index (χ1v) is 10.6. The molecule has 0 saturated carbocycles. The molecule has 1 N–H and O–H groups in total. The van der Waals surface area contributed by atoms with E-state index in [4.69, 9.17) is 5.10 Å². The van der Waals surface area contributed by atoms with E-state index in [9.17, 15) is 0 Å². The van der Waals surface area contributed by atoms with Crippen LogP contribution in [0.15, 0.2) is 67.0 Å². The van der Waals surface area contributed by atoms with E-state index in [-0.39, 0.29) is 0 Å². The highest BCUT2D eigenvalue weighted by atomic mass is 15.5. The molecular formula is C24H23N7. The van der Waals surface area contributed by atoms with Crippen molar-refractivity contribution in [2.45, 2.75) is 32.6 Å². The van der Waals surface area contributed by atoms with Crippen LogP contribution in [0, 0.1) is 0 Å². The first-order chi connectivity index (χ1) is 15.3. The van der Waals surface area contributed by atoms with Crippen LogP contribution in [0.4, 0.5) is 0 Å². The van der Waals surface area contributed by atoms with Gasteiger partial charge in [-0.3, -0.25) is 0 Å². The molecule has 3 heterocycles. The molecule has 2 aromatic carbocycles. The molecule has 0 fully saturated rings. The number of aryl methyl sites for hydroxylation is 1. The van der Waals surface area contributed by atoms with Gasteiger partial charge in [0.1, 0.15) is 0 Å². The third-order valence-electron chi connectivity index (χ3n) is 5.50. The number of fused-ring (bicyclic) bond motifs is 1. The predicted molar refractivity (Wildman–Crippen MR) is 119 cm³/mol. The topological polar surface area (TPSA) is 84.6 Å². The summed E-state index contributed by atoms with van der Waals surface area (Å²) in [6, 6.07) is 18.7. The number of hydrogen-bond acceptors (Lipinski definition) is 5. The Morgan fingerprint density at radius 1 is 0.968 bits per heavy atom. The number of tetrazole rings is 1. The zero-order valence-electron chi connectivity index (χ0n) is 17.4. The summed E-state index contributed by atoms with van der Waals surface area (Å²) >= 11 is 0. The van der Waals surface area contributed by atoms with E-state index in [1.54, 1.807) is 0 Å². The van der Waals surface area contributed by atoms with E-state index >= 15 is 0 Å². The van der Waals surface area contributed by atoms with Crippen molar-refractivity contribution < 1.29 is 0 Å². The monoisotopic (exact) mass is 409 g/mol. The van der Waals surface area contributed by atoms with Crippen LogP contribution < -0.4 is 0 Å². The van der Waals surface area contributed by atoms with Crippen LogP contribution in [-0.4, -0.2) is 35.2 Å². The zero-order valence-corrected chi connectivity index (χ0v) is 17.4. The molecule has 0 saturated heterocycles. The molecule has 0 aliphatic carbocycles. The standard InChI is InChI=1S/C24H23N7/c1-2-3-9-22-21(24-25-14-6-15-31(24)28-22)16-17-10-12-18(13-11-17)19-7-4-5-8-20(19)23-26-29-30-27-23/h4-8,10-15H,2-3,9,16H2,1H3,(H,26,27,29,30). The lowest BCUT2D eigenvalue weighted by Gasteiger charge is -2.08. The molecule has 0 aliphatic heterocycles. The molecule has 0 amide bonds. The highest BCUT2D eigenvalue weighted by Gasteiger charge is 2.15. The van der Waals surface area contributed by atoms with Crippen LogP contribution in [0.3, 0.4) is 0 Å². The SMILES string of the molecule is CCCCc1nn2cccnc2c1Cc1ccc(-c2ccccc2-c2nn[nH]n2)cc1. The van der Waals surface area contributed by atoms with Crippen molar-refractivity contribution in [3.05, 3.63) is 83.8 Å². The summed E-state index contributed by atoms with van der Waals surface area (Å²) in [7, 11) is 0. The van der Waals surface area contributed by atoms with E-state index in [0.717, 1.165) is 53.7 Å². The molecule has 0 radical (unpaired) electrons. The van der Waals surface area contributed by atoms with E-state index in [0.29, 0.717) is 5.82 Å². The Hall–Kier alpha value is -3.87. The second-order valence-corrected chi connectivity index (χ2v) is 7.57. The van der Waals surface area contributed by atoms with Crippen molar-refractivity contribution in [1.82, 2.24) is 35.2 Å². The van der Waals surface area contributed by atoms with Gasteiger partial charge in [-0.1, -0.05) is 61.9 Å². The Labute approximate surface area is 180 Å². The minimum absolute atomic E-state index is 0.595. The average molecular weight is 409 g/mol. The van der Waals surface area contributed by atoms with Crippen LogP contribution >= 0.6 is 0 Å². The number of hydrogen-bond donors (Lipinski definition) is 1. The van der Waals surface area contributed by atoms with Gasteiger partial charge in [-0.15, -0.1) is 10.2 Å². The first kappa shape index (κ1) is 19.1. The maximum atomic E-state index is 4.78. The Bertz CT molecular complexity index is 1290. The summed E-state index contributed by atoms with van der Waals surface area (Å²) < 4.78 is 1.90. The lowest BCUT2D eigenvalue weighted by Crippen LogP contribution is -1.95. The number of aromatic nitrogens is 7. The molecule has 0 unspecified atom stereocenters. The number of rotatable bonds is 7. The van der Waals surface area contributed by atoms with Crippen LogP contribution in [0.1, 0.15) is 36.6 Å². The molecule has 0 spiro atoms. The fourth-order valence-electron chi connectivity index (χ4n) is 3.92. The highest BCUT2D eigenvalue weighted by Crippen LogP contribution is 2.30. The number of unbranched alkanes of at least 4 members (excludes halogenated alkanes) is 1. The maximum Gasteiger partial charge on any atom is 0.205 e. The largest absolute Gasteiger partial charge is 0.237 e. The average Bonchev–Trinajstić information content (AvgIpc) is 3.47. The fourth-order valence-corrected chi connectivity index (χ4v) is 3.92. The van der Waals surface area contributed by atoms with Gasteiger partial charge in [0.2, 0.25) is 5.82 Å². The summed E-state index contributed by atoms with van der Waals surface area (Å²) in [5, 5.41) is 19.3. The lowest BCUT2D eigenvalue weighted by molar-refractivity contribution is 0.756. The normalized spacial score (nSPS) is 11.3. The van der Waals surface area contributed by atoms with Crippen LogP contribution in [0.25, 0.3) is 28.2 Å². The summed E-state index contributed by atoms with van der Waals surface area (Å²) in [6.45, 7) is 2.21. The molecule has 0 bridgehead atoms. The number of benzene rings is 2. The summed E-state index contributed by atoms with van der Waals surface area (Å²) in [5.41, 5.74) is 7.70. The molecule has 154 valence electrons. The van der Waals surface area contributed by atoms with Gasteiger partial charge in [-0.25, -0.2) is 9.50 Å². The molecule has 0 aliphatic rings. The van der Waals surface area contributed by atoms with E-state index < -0.39 is 0 Å². The smallest absolute Gasteiger partial charge is 0.205 e. The molecule has 0 atom stereocenters. The van der Waals surface area contributed by atoms with Crippen molar-refractivity contribution in [2.24, 2.45) is 0 Å². The summed E-state index contributed by atoms with van der Waals surface area (Å²) in [6.07, 6.45) is 7.87. The summed E-state index contributed by atoms with van der Waals surface area (Å²) in [4.78, 5) is 4.59. The Morgan fingerprint density at radius 3 is 2.58 bits per heavy atom. The molecule has 5 aromatic rings. The number of nitrogens with zero attached hydrogens (tertiary/aromatic N) is 6. The fraction of sp³-hybridized carbons (Fsp3) is 0.208. The van der Waals surface area contributed by atoms with Gasteiger partial charge in [-0.05, 0) is 40.8 Å². The zero-order chi connectivity index (χ0) is 21.0. The minimum atomic E-state index is 0.595. The van der Waals surface area contributed by atoms with Crippen LogP contribution in [-0.2, 0) is 12.8 Å². The minimum Gasteiger partial charge on any atom is -0.237 e. The van der Waals surface area contributed by atoms with Gasteiger partial charge in [0.15, 0.2) is 5.65 Å². The van der Waals surface area contributed by atoms with Crippen LogP contribution in [0.5, 0.6) is 0 Å². The molecule has 31 heavy (non-hydrogen) atoms. The van der Waals surface area contributed by atoms with Gasteiger partial charge in [0, 0.05) is 29.9 Å². The van der Waals surface area contributed by atoms with Gasteiger partial charge < -0.3 is 0 Å². The lowest BCUT2D eigenvalue weighted by atomic mass is 9.96. The number of H-pyrrole nitrogens is 1. The third-order valence-corrected chi connectivity index (χ3v) is 5.50. The van der Waals surface area contributed by atoms with Gasteiger partial charge in [-0.2, -0.15) is 10.3 Å². The van der Waals surface area contributed by atoms with Gasteiger partial charge >= 0.3 is 0 Å². The Kier molecular flexibility index (Phi) is 5.22. The van der Waals surface area contributed by atoms with Gasteiger partial charge in [0.05, 0.1) is 5.69 Å². The van der Waals surface area contributed by atoms with Crippen molar-refractivity contribution in [2.75, 3.05) is 0 Å². The maximum absolute atomic E-state index is 4.78. The van der Waals surface area contributed by atoms with Crippen molar-refractivity contribution in [1.29, 1.82) is 0 Å². The molecular weight excluding hydrogens is 386 g/mol. The quantitative estimate of drug-likeness (QED) is 0.427. The number of nitrogens with one attached hydrogen (secondary N) is 1. The highest BCUT2D eigenvalue weighted by molar-refractivity contribution is 5.80. The first-order valence-electron chi connectivity index (χ1n) is 10.6. The number of aromatic amines is 1. The van der Waals surface area contributed by atoms with E-state index in [2.05, 4.69) is 62.9 Å². The second kappa shape index (κ2) is 8.47. The Morgan fingerprint density at radius 2 is 1.81 bits per heavy atom. The third kappa shape index (κ3) is 3.82. The molecule has 7 nitrogen and oxygen atoms in total. The van der Waals surface area contributed by atoms with E-state index in [1.807, 2.05) is 41.2 Å². The summed E-state index contributed by atoms with van der Waals surface area (Å²) in [5.74, 6) is 0.595. The van der Waals surface area contributed by atoms with Gasteiger partial charge in [0.25, 0.3) is 0 Å². The van der Waals surface area contributed by atoms with Crippen molar-refractivity contribution >= 4 is 5.65 Å². The molecule has 3 aromatic heterocycles.